The van der Waals surface area contributed by atoms with Crippen LogP contribution in [0.15, 0.2) is 23.4 Å². The van der Waals surface area contributed by atoms with Gasteiger partial charge in [-0.25, -0.2) is 0 Å². The number of ether oxygens (including phenoxy) is 1. The number of carbonyl (C=O) groups is 1. The normalized spacial score (nSPS) is 12.2. The molecule has 0 saturated heterocycles. The molecule has 0 aliphatic carbocycles. The minimum Gasteiger partial charge on any atom is -0.468 e. The second-order valence-electron chi connectivity index (χ2n) is 5.41. The number of tetrazole rings is 1. The molecule has 2 rings (SSSR count). The minimum absolute atomic E-state index is 0.238. The zero-order valence-corrected chi connectivity index (χ0v) is 14.8. The van der Waals surface area contributed by atoms with Gasteiger partial charge in [0.25, 0.3) is 0 Å². The summed E-state index contributed by atoms with van der Waals surface area (Å²) in [5.74, 6) is -0.238. The molecule has 0 radical (unpaired) electrons. The van der Waals surface area contributed by atoms with E-state index >= 15 is 0 Å². The van der Waals surface area contributed by atoms with Gasteiger partial charge in [0.2, 0.25) is 5.16 Å². The highest BCUT2D eigenvalue weighted by Gasteiger charge is 2.23. The van der Waals surface area contributed by atoms with E-state index in [0.717, 1.165) is 24.9 Å². The predicted molar refractivity (Wildman–Crippen MR) is 89.8 cm³/mol. The van der Waals surface area contributed by atoms with E-state index in [9.17, 15) is 4.79 Å². The Morgan fingerprint density at radius 3 is 2.78 bits per heavy atom. The van der Waals surface area contributed by atoms with E-state index in [1.54, 1.807) is 4.68 Å². The molecule has 0 bridgehead atoms. The molecule has 0 spiro atoms. The van der Waals surface area contributed by atoms with E-state index < -0.39 is 0 Å². The molecule has 2 aromatic rings. The summed E-state index contributed by atoms with van der Waals surface area (Å²) >= 11 is 1.35. The Morgan fingerprint density at radius 1 is 1.35 bits per heavy atom. The first-order chi connectivity index (χ1) is 11.1. The van der Waals surface area contributed by atoms with Crippen molar-refractivity contribution < 1.29 is 9.53 Å². The number of aryl methyl sites for hydroxylation is 2. The lowest BCUT2D eigenvalue weighted by Crippen LogP contribution is -2.19. The zero-order chi connectivity index (χ0) is 16.8. The van der Waals surface area contributed by atoms with Gasteiger partial charge in [-0.15, -0.1) is 5.10 Å². The van der Waals surface area contributed by atoms with Crippen LogP contribution in [-0.4, -0.2) is 38.5 Å². The number of hydrogen-bond donors (Lipinski definition) is 0. The van der Waals surface area contributed by atoms with Crippen LogP contribution in [0, 0.1) is 13.8 Å². The van der Waals surface area contributed by atoms with Crippen LogP contribution in [0.4, 0.5) is 0 Å². The molecule has 0 amide bonds. The van der Waals surface area contributed by atoms with Gasteiger partial charge in [0.1, 0.15) is 5.25 Å². The SMILES string of the molecule is CCCCC(Sc1nnnn1-c1ccc(C)c(C)c1)C(=O)OC. The molecule has 1 atom stereocenters. The Labute approximate surface area is 140 Å². The number of esters is 1. The van der Waals surface area contributed by atoms with Crippen molar-refractivity contribution in [1.82, 2.24) is 20.2 Å². The highest BCUT2D eigenvalue weighted by Crippen LogP contribution is 2.27. The predicted octanol–water partition coefficient (Wildman–Crippen LogP) is 3.10. The lowest BCUT2D eigenvalue weighted by atomic mass is 10.1. The second-order valence-corrected chi connectivity index (χ2v) is 6.58. The van der Waals surface area contributed by atoms with Crippen molar-refractivity contribution in [3.05, 3.63) is 29.3 Å². The van der Waals surface area contributed by atoms with Crippen molar-refractivity contribution in [2.45, 2.75) is 50.4 Å². The summed E-state index contributed by atoms with van der Waals surface area (Å²) in [6, 6.07) is 6.05. The van der Waals surface area contributed by atoms with Gasteiger partial charge in [-0.3, -0.25) is 4.79 Å². The monoisotopic (exact) mass is 334 g/mol. The fourth-order valence-corrected chi connectivity index (χ4v) is 3.20. The van der Waals surface area contributed by atoms with Crippen LogP contribution in [0.3, 0.4) is 0 Å². The summed E-state index contributed by atoms with van der Waals surface area (Å²) in [4.78, 5) is 12.0. The van der Waals surface area contributed by atoms with Crippen LogP contribution < -0.4 is 0 Å². The first kappa shape index (κ1) is 17.5. The van der Waals surface area contributed by atoms with E-state index in [1.165, 1.54) is 30.0 Å². The van der Waals surface area contributed by atoms with Gasteiger partial charge in [-0.05, 0) is 54.0 Å². The maximum absolute atomic E-state index is 12.0. The molecule has 0 N–H and O–H groups in total. The largest absolute Gasteiger partial charge is 0.468 e. The van der Waals surface area contributed by atoms with Crippen molar-refractivity contribution in [1.29, 1.82) is 0 Å². The van der Waals surface area contributed by atoms with Crippen molar-refractivity contribution in [2.24, 2.45) is 0 Å². The molecular formula is C16H22N4O2S. The Hall–Kier alpha value is -1.89. The van der Waals surface area contributed by atoms with Gasteiger partial charge in [-0.1, -0.05) is 37.6 Å². The molecule has 124 valence electrons. The third-order valence-electron chi connectivity index (χ3n) is 3.71. The third kappa shape index (κ3) is 4.31. The summed E-state index contributed by atoms with van der Waals surface area (Å²) in [6.45, 7) is 6.21. The van der Waals surface area contributed by atoms with Gasteiger partial charge in [0.05, 0.1) is 12.8 Å². The average Bonchev–Trinajstić information content (AvgIpc) is 3.01. The van der Waals surface area contributed by atoms with E-state index in [-0.39, 0.29) is 11.2 Å². The molecule has 0 saturated carbocycles. The maximum atomic E-state index is 12.0. The van der Waals surface area contributed by atoms with E-state index in [2.05, 4.69) is 36.3 Å². The molecule has 1 heterocycles. The Kier molecular flexibility index (Phi) is 6.15. The Bertz CT molecular complexity index is 672. The smallest absolute Gasteiger partial charge is 0.319 e. The van der Waals surface area contributed by atoms with Gasteiger partial charge >= 0.3 is 5.97 Å². The summed E-state index contributed by atoms with van der Waals surface area (Å²) < 4.78 is 6.57. The average molecular weight is 334 g/mol. The molecular weight excluding hydrogens is 312 g/mol. The van der Waals surface area contributed by atoms with E-state index in [1.807, 2.05) is 18.2 Å². The highest BCUT2D eigenvalue weighted by atomic mass is 32.2. The lowest BCUT2D eigenvalue weighted by molar-refractivity contribution is -0.140. The Balaban J connectivity index is 2.25. The molecule has 0 aliphatic rings. The highest BCUT2D eigenvalue weighted by molar-refractivity contribution is 8.00. The molecule has 23 heavy (non-hydrogen) atoms. The zero-order valence-electron chi connectivity index (χ0n) is 13.9. The van der Waals surface area contributed by atoms with Crippen LogP contribution in [0.2, 0.25) is 0 Å². The van der Waals surface area contributed by atoms with E-state index in [4.69, 9.17) is 4.74 Å². The minimum atomic E-state index is -0.295. The fourth-order valence-electron chi connectivity index (χ4n) is 2.14. The number of aromatic nitrogens is 4. The number of methoxy groups -OCH3 is 1. The topological polar surface area (TPSA) is 69.9 Å². The van der Waals surface area contributed by atoms with Crippen molar-refractivity contribution in [2.75, 3.05) is 7.11 Å². The van der Waals surface area contributed by atoms with Crippen LogP contribution in [0.1, 0.15) is 37.3 Å². The van der Waals surface area contributed by atoms with Gasteiger partial charge < -0.3 is 4.74 Å². The van der Waals surface area contributed by atoms with Crippen molar-refractivity contribution in [3.63, 3.8) is 0 Å². The molecule has 0 fully saturated rings. The number of thioether (sulfide) groups is 1. The van der Waals surface area contributed by atoms with Crippen LogP contribution >= 0.6 is 11.8 Å². The van der Waals surface area contributed by atoms with Crippen LogP contribution in [-0.2, 0) is 9.53 Å². The number of unbranched alkanes of at least 4 members (excludes halogenated alkanes) is 1. The standard InChI is InChI=1S/C16H22N4O2S/c1-5-6-7-14(15(21)22-4)23-16-17-18-19-20(16)13-9-8-11(2)12(3)10-13/h8-10,14H,5-7H2,1-4H3. The molecule has 1 aromatic carbocycles. The van der Waals surface area contributed by atoms with Gasteiger partial charge in [0, 0.05) is 0 Å². The summed E-state index contributed by atoms with van der Waals surface area (Å²) in [5, 5.41) is 12.2. The lowest BCUT2D eigenvalue weighted by Gasteiger charge is -2.13. The number of hydrogen-bond acceptors (Lipinski definition) is 6. The molecule has 1 unspecified atom stereocenters. The Morgan fingerprint density at radius 2 is 2.13 bits per heavy atom. The number of nitrogens with zero attached hydrogens (tertiary/aromatic N) is 4. The molecule has 0 aliphatic heterocycles. The summed E-state index contributed by atoms with van der Waals surface area (Å²) in [7, 11) is 1.41. The fraction of sp³-hybridized carbons (Fsp3) is 0.500. The first-order valence-electron chi connectivity index (χ1n) is 7.67. The summed E-state index contributed by atoms with van der Waals surface area (Å²) in [5.41, 5.74) is 3.27. The summed E-state index contributed by atoms with van der Waals surface area (Å²) in [6.07, 6.45) is 2.72. The van der Waals surface area contributed by atoms with Crippen LogP contribution in [0.25, 0.3) is 5.69 Å². The van der Waals surface area contributed by atoms with Crippen molar-refractivity contribution in [3.8, 4) is 5.69 Å². The van der Waals surface area contributed by atoms with Crippen molar-refractivity contribution >= 4 is 17.7 Å². The molecule has 6 nitrogen and oxygen atoms in total. The number of benzene rings is 1. The van der Waals surface area contributed by atoms with E-state index in [0.29, 0.717) is 5.16 Å². The quantitative estimate of drug-likeness (QED) is 0.572. The number of rotatable bonds is 7. The van der Waals surface area contributed by atoms with Crippen LogP contribution in [0.5, 0.6) is 0 Å². The third-order valence-corrected chi connectivity index (χ3v) is 4.89. The van der Waals surface area contributed by atoms with Gasteiger partial charge in [0.15, 0.2) is 0 Å². The first-order valence-corrected chi connectivity index (χ1v) is 8.55. The molecule has 1 aromatic heterocycles. The maximum Gasteiger partial charge on any atom is 0.319 e. The van der Waals surface area contributed by atoms with Gasteiger partial charge in [-0.2, -0.15) is 4.68 Å². The second kappa shape index (κ2) is 8.10. The molecule has 7 heteroatoms. The number of carbonyl (C=O) groups excluding carboxylic acids is 1.